The Morgan fingerprint density at radius 1 is 1.12 bits per heavy atom. The van der Waals surface area contributed by atoms with Crippen molar-refractivity contribution >= 4 is 17.5 Å². The summed E-state index contributed by atoms with van der Waals surface area (Å²) in [5.74, 6) is 0.234. The van der Waals surface area contributed by atoms with Crippen LogP contribution in [0.4, 0.5) is 10.5 Å². The number of carbonyl (C=O) groups excluding carboxylic acids is 2. The van der Waals surface area contributed by atoms with Gasteiger partial charge in [-0.05, 0) is 82.5 Å². The van der Waals surface area contributed by atoms with E-state index in [-0.39, 0.29) is 11.8 Å². The van der Waals surface area contributed by atoms with Gasteiger partial charge in [-0.3, -0.25) is 4.79 Å². The summed E-state index contributed by atoms with van der Waals surface area (Å²) in [6.45, 7) is 6.26. The number of nitrogens with one attached hydrogen (secondary N) is 3. The molecule has 6 heteroatoms. The summed E-state index contributed by atoms with van der Waals surface area (Å²) in [7, 11) is 0. The van der Waals surface area contributed by atoms with E-state index in [0.29, 0.717) is 18.2 Å². The lowest BCUT2D eigenvalue weighted by atomic mass is 9.69. The highest BCUT2D eigenvalue weighted by Gasteiger charge is 2.45. The molecule has 33 heavy (non-hydrogen) atoms. The Labute approximate surface area is 197 Å². The molecule has 0 bridgehead atoms. The van der Waals surface area contributed by atoms with Crippen molar-refractivity contribution in [2.75, 3.05) is 18.4 Å². The van der Waals surface area contributed by atoms with Crippen molar-refractivity contribution in [3.63, 3.8) is 0 Å². The van der Waals surface area contributed by atoms with Gasteiger partial charge in [0.1, 0.15) is 5.78 Å². The molecule has 4 rings (SSSR count). The molecule has 1 aromatic carbocycles. The number of carbonyl (C=O) groups is 2. The first-order chi connectivity index (χ1) is 16.0. The molecule has 6 nitrogen and oxygen atoms in total. The first-order valence-electron chi connectivity index (χ1n) is 12.2. The fourth-order valence-corrected chi connectivity index (χ4v) is 5.34. The second-order valence-corrected chi connectivity index (χ2v) is 9.70. The van der Waals surface area contributed by atoms with Crippen LogP contribution in [0.5, 0.6) is 0 Å². The highest BCUT2D eigenvalue weighted by atomic mass is 16.2. The number of benzene rings is 1. The summed E-state index contributed by atoms with van der Waals surface area (Å²) in [5, 5.41) is 9.25. The number of amides is 2. The summed E-state index contributed by atoms with van der Waals surface area (Å²) in [6, 6.07) is 7.76. The smallest absolute Gasteiger partial charge is 0.323 e. The van der Waals surface area contributed by atoms with E-state index in [4.69, 9.17) is 0 Å². The predicted molar refractivity (Wildman–Crippen MR) is 133 cm³/mol. The third kappa shape index (κ3) is 5.56. The van der Waals surface area contributed by atoms with Crippen LogP contribution in [0.3, 0.4) is 0 Å². The van der Waals surface area contributed by atoms with Crippen molar-refractivity contribution in [1.29, 1.82) is 0 Å². The maximum absolute atomic E-state index is 13.3. The summed E-state index contributed by atoms with van der Waals surface area (Å²) in [4.78, 5) is 28.7. The fourth-order valence-electron chi connectivity index (χ4n) is 5.34. The lowest BCUT2D eigenvalue weighted by molar-refractivity contribution is -0.130. The molecule has 2 fully saturated rings. The molecule has 2 amide bonds. The van der Waals surface area contributed by atoms with Gasteiger partial charge >= 0.3 is 6.03 Å². The van der Waals surface area contributed by atoms with Gasteiger partial charge in [-0.25, -0.2) is 4.79 Å². The fraction of sp³-hybridized carbons (Fsp3) is 0.481. The van der Waals surface area contributed by atoms with E-state index < -0.39 is 5.41 Å². The van der Waals surface area contributed by atoms with Crippen LogP contribution in [0.2, 0.25) is 0 Å². The average molecular weight is 449 g/mol. The van der Waals surface area contributed by atoms with Crippen molar-refractivity contribution in [2.45, 2.75) is 64.8 Å². The number of aryl methyl sites for hydroxylation is 1. The molecule has 3 aliphatic rings. The van der Waals surface area contributed by atoms with Crippen LogP contribution in [0, 0.1) is 12.3 Å². The number of hydrogen-bond acceptors (Lipinski definition) is 4. The molecule has 2 heterocycles. The average Bonchev–Trinajstić information content (AvgIpc) is 3.19. The maximum atomic E-state index is 13.3. The predicted octanol–water partition coefficient (Wildman–Crippen LogP) is 5.01. The van der Waals surface area contributed by atoms with Gasteiger partial charge in [0.25, 0.3) is 0 Å². The Bertz CT molecular complexity index is 972. The van der Waals surface area contributed by atoms with E-state index in [1.54, 1.807) is 0 Å². The summed E-state index contributed by atoms with van der Waals surface area (Å²) >= 11 is 0. The number of urea groups is 1. The molecule has 1 aromatic rings. The van der Waals surface area contributed by atoms with E-state index in [1.807, 2.05) is 62.5 Å². The van der Waals surface area contributed by atoms with Gasteiger partial charge in [-0.1, -0.05) is 31.1 Å². The van der Waals surface area contributed by atoms with Crippen LogP contribution in [0.15, 0.2) is 60.1 Å². The molecule has 2 aliphatic heterocycles. The molecule has 1 aliphatic carbocycles. The van der Waals surface area contributed by atoms with Gasteiger partial charge in [0.05, 0.1) is 16.8 Å². The minimum Gasteiger partial charge on any atom is -0.363 e. The number of Topliss-reactive ketones (excluding diaryl/α,β-unsaturated/α-hetero) is 1. The topological polar surface area (TPSA) is 73.5 Å². The second kappa shape index (κ2) is 10.4. The Kier molecular flexibility index (Phi) is 7.33. The maximum Gasteiger partial charge on any atom is 0.323 e. The van der Waals surface area contributed by atoms with Crippen LogP contribution in [-0.2, 0) is 4.79 Å². The van der Waals surface area contributed by atoms with Gasteiger partial charge in [0, 0.05) is 24.4 Å². The van der Waals surface area contributed by atoms with Crippen molar-refractivity contribution < 1.29 is 9.59 Å². The molecular formula is C27H36N4O2. The number of allylic oxidation sites excluding steroid dienone is 4. The van der Waals surface area contributed by atoms with Crippen LogP contribution < -0.4 is 16.0 Å². The highest BCUT2D eigenvalue weighted by Crippen LogP contribution is 2.42. The van der Waals surface area contributed by atoms with Crippen LogP contribution in [-0.4, -0.2) is 35.8 Å². The van der Waals surface area contributed by atoms with Crippen molar-refractivity contribution in [3.05, 3.63) is 65.7 Å². The van der Waals surface area contributed by atoms with Crippen LogP contribution in [0.1, 0.15) is 57.4 Å². The van der Waals surface area contributed by atoms with Crippen molar-refractivity contribution in [2.24, 2.45) is 5.41 Å². The van der Waals surface area contributed by atoms with Crippen LogP contribution in [0.25, 0.3) is 0 Å². The Morgan fingerprint density at radius 2 is 1.91 bits per heavy atom. The first kappa shape index (κ1) is 23.3. The highest BCUT2D eigenvalue weighted by molar-refractivity contribution is 5.92. The molecule has 0 aromatic heterocycles. The zero-order chi connectivity index (χ0) is 23.3. The largest absolute Gasteiger partial charge is 0.363 e. The SMILES string of the molecule is Cc1cccc(NC(=O)NC2=C(C3(C)CC(N4CCCCCC4)CCC3=O)NC=CC=C2)c1. The Hall–Kier alpha value is -2.86. The molecule has 3 N–H and O–H groups in total. The van der Waals surface area contributed by atoms with E-state index in [0.717, 1.165) is 42.9 Å². The third-order valence-corrected chi connectivity index (χ3v) is 7.16. The van der Waals surface area contributed by atoms with E-state index in [2.05, 4.69) is 20.9 Å². The number of rotatable bonds is 4. The lowest BCUT2D eigenvalue weighted by Gasteiger charge is -2.43. The number of ketones is 1. The minimum atomic E-state index is -0.680. The lowest BCUT2D eigenvalue weighted by Crippen LogP contribution is -2.49. The number of hydrogen-bond donors (Lipinski definition) is 3. The number of anilines is 1. The van der Waals surface area contributed by atoms with Gasteiger partial charge in [-0.15, -0.1) is 0 Å². The van der Waals surface area contributed by atoms with Gasteiger partial charge < -0.3 is 20.9 Å². The molecule has 176 valence electrons. The third-order valence-electron chi connectivity index (χ3n) is 7.16. The molecule has 1 saturated carbocycles. The summed E-state index contributed by atoms with van der Waals surface area (Å²) in [5.41, 5.74) is 2.54. The number of nitrogens with zero attached hydrogens (tertiary/aromatic N) is 1. The first-order valence-corrected chi connectivity index (χ1v) is 12.2. The Balaban J connectivity index is 1.57. The molecule has 2 atom stereocenters. The zero-order valence-electron chi connectivity index (χ0n) is 19.8. The number of likely N-dealkylation sites (tertiary alicyclic amines) is 1. The summed E-state index contributed by atoms with van der Waals surface area (Å²) < 4.78 is 0. The van der Waals surface area contributed by atoms with Gasteiger partial charge in [0.15, 0.2) is 0 Å². The standard InChI is InChI=1S/C27H36N4O2/c1-20-10-9-11-21(18-20)29-26(33)30-23-12-5-6-15-28-25(23)27(2)19-22(13-14-24(27)32)31-16-7-3-4-8-17-31/h5-6,9-12,15,18,22,28H,3-4,7-8,13-14,16-17,19H2,1-2H3,(H2,29,30,33). The van der Waals surface area contributed by atoms with Crippen molar-refractivity contribution in [3.8, 4) is 0 Å². The van der Waals surface area contributed by atoms with E-state index in [1.165, 1.54) is 25.7 Å². The van der Waals surface area contributed by atoms with E-state index >= 15 is 0 Å². The Morgan fingerprint density at radius 3 is 2.67 bits per heavy atom. The zero-order valence-corrected chi connectivity index (χ0v) is 19.8. The van der Waals surface area contributed by atoms with Crippen molar-refractivity contribution in [1.82, 2.24) is 15.5 Å². The molecule has 1 saturated heterocycles. The molecule has 2 unspecified atom stereocenters. The molecule has 0 spiro atoms. The van der Waals surface area contributed by atoms with Gasteiger partial charge in [0.2, 0.25) is 0 Å². The molecule has 0 radical (unpaired) electrons. The van der Waals surface area contributed by atoms with E-state index in [9.17, 15) is 9.59 Å². The summed E-state index contributed by atoms with van der Waals surface area (Å²) in [6.07, 6.45) is 14.8. The van der Waals surface area contributed by atoms with Crippen LogP contribution >= 0.6 is 0 Å². The minimum absolute atomic E-state index is 0.234. The molecular weight excluding hydrogens is 412 g/mol. The normalized spacial score (nSPS) is 26.4. The second-order valence-electron chi connectivity index (χ2n) is 9.70. The monoisotopic (exact) mass is 448 g/mol. The van der Waals surface area contributed by atoms with Gasteiger partial charge in [-0.2, -0.15) is 0 Å². The quantitative estimate of drug-likeness (QED) is 0.606.